The van der Waals surface area contributed by atoms with Crippen LogP contribution in [0.25, 0.3) is 33.4 Å². The Balaban J connectivity index is 1.20. The van der Waals surface area contributed by atoms with Crippen molar-refractivity contribution in [3.8, 4) is 22.5 Å². The highest BCUT2D eigenvalue weighted by atomic mass is 32.1. The molecule has 2 aliphatic heterocycles. The third kappa shape index (κ3) is 7.60. The number of thiazole rings is 1. The molecule has 4 aromatic heterocycles. The maximum absolute atomic E-state index is 14.3. The normalized spacial score (nSPS) is 24.1. The van der Waals surface area contributed by atoms with Crippen LogP contribution in [0.2, 0.25) is 0 Å². The average molecular weight is 790 g/mol. The zero-order valence-corrected chi connectivity index (χ0v) is 34.3. The molecule has 6 heterocycles. The molecule has 1 saturated heterocycles. The number of fused-ring (bicyclic) bond motifs is 6. The SMILES string of the molecule is CCn1c(-c2cccnc2[C@H](C)OC)c2c3cc(ccc31)-c1csc(n1)C[C@H](NC(=O)[C@H]1C(c3ccccn3)[C@H]1C)C(=O)N1CCC[C@H](N1)C(=O)OCC(C)(C)C2. The number of hydrazine groups is 1. The van der Waals surface area contributed by atoms with Crippen molar-refractivity contribution >= 4 is 40.0 Å². The molecule has 2 amide bonds. The fraction of sp³-hybridized carbons (Fsp3) is 0.455. The number of ether oxygens (including phenoxy) is 2. The van der Waals surface area contributed by atoms with E-state index in [-0.39, 0.29) is 48.7 Å². The highest BCUT2D eigenvalue weighted by molar-refractivity contribution is 7.10. The van der Waals surface area contributed by atoms with Crippen LogP contribution in [0.5, 0.6) is 0 Å². The smallest absolute Gasteiger partial charge is 0.324 e. The first-order valence-corrected chi connectivity index (χ1v) is 20.9. The van der Waals surface area contributed by atoms with Gasteiger partial charge in [-0.3, -0.25) is 29.4 Å². The first kappa shape index (κ1) is 38.9. The van der Waals surface area contributed by atoms with Crippen LogP contribution in [0.3, 0.4) is 0 Å². The predicted molar refractivity (Wildman–Crippen MR) is 219 cm³/mol. The fourth-order valence-corrected chi connectivity index (χ4v) is 9.57. The summed E-state index contributed by atoms with van der Waals surface area (Å²) in [5.74, 6) is -1.11. The molecule has 57 heavy (non-hydrogen) atoms. The van der Waals surface area contributed by atoms with Crippen molar-refractivity contribution in [2.75, 3.05) is 20.3 Å². The number of hydrogen-bond acceptors (Lipinski definition) is 10. The predicted octanol–water partition coefficient (Wildman–Crippen LogP) is 6.65. The molecule has 2 fully saturated rings. The Labute approximate surface area is 337 Å². The molecule has 13 heteroatoms. The number of carbonyl (C=O) groups excluding carboxylic acids is 3. The standard InChI is InChI=1S/C44H51N7O5S/c1-7-50-35-16-15-27-20-29(35)30(40(50)28-12-10-18-46-39(28)26(3)55-6)22-44(4,5)24-56-43(54)32-14-11-19-51(49-32)42(53)33(21-36-47-34(27)23-57-36)48-41(52)38-25(2)37(38)31-13-8-9-17-45-31/h8-10,12-13,15-18,20,23,25-26,32-33,37-38,49H,7,11,14,19,21-22,24H2,1-6H3,(H,48,52)/t25-,26+,32+,33+,37?,38-/m1/s1. The van der Waals surface area contributed by atoms with E-state index in [2.05, 4.69) is 65.3 Å². The highest BCUT2D eigenvalue weighted by Gasteiger charge is 2.54. The summed E-state index contributed by atoms with van der Waals surface area (Å²) in [5, 5.41) is 8.44. The van der Waals surface area contributed by atoms with Crippen LogP contribution in [0.4, 0.5) is 0 Å². The van der Waals surface area contributed by atoms with E-state index in [9.17, 15) is 14.4 Å². The molecule has 3 aliphatic rings. The monoisotopic (exact) mass is 789 g/mol. The number of aromatic nitrogens is 4. The van der Waals surface area contributed by atoms with E-state index in [1.54, 1.807) is 19.5 Å². The number of hydrogen-bond donors (Lipinski definition) is 2. The Bertz CT molecular complexity index is 2300. The minimum Gasteiger partial charge on any atom is -0.464 e. The van der Waals surface area contributed by atoms with Gasteiger partial charge in [0.1, 0.15) is 12.1 Å². The van der Waals surface area contributed by atoms with Crippen LogP contribution in [0, 0.1) is 17.3 Å². The van der Waals surface area contributed by atoms with Gasteiger partial charge in [0.25, 0.3) is 5.91 Å². The van der Waals surface area contributed by atoms with Gasteiger partial charge >= 0.3 is 5.97 Å². The molecule has 1 aromatic carbocycles. The van der Waals surface area contributed by atoms with E-state index in [1.807, 2.05) is 43.5 Å². The van der Waals surface area contributed by atoms with E-state index in [0.29, 0.717) is 25.8 Å². The molecule has 12 nitrogen and oxygen atoms in total. The van der Waals surface area contributed by atoms with Gasteiger partial charge < -0.3 is 19.4 Å². The van der Waals surface area contributed by atoms with Crippen LogP contribution in [-0.4, -0.2) is 74.7 Å². The molecule has 1 aliphatic carbocycles. The van der Waals surface area contributed by atoms with Gasteiger partial charge in [-0.25, -0.2) is 10.4 Å². The number of pyridine rings is 2. The largest absolute Gasteiger partial charge is 0.464 e. The second-order valence-corrected chi connectivity index (χ2v) is 17.4. The summed E-state index contributed by atoms with van der Waals surface area (Å²) in [4.78, 5) is 56.4. The third-order valence-electron chi connectivity index (χ3n) is 11.9. The van der Waals surface area contributed by atoms with E-state index < -0.39 is 23.5 Å². The Morgan fingerprint density at radius 2 is 1.96 bits per heavy atom. The van der Waals surface area contributed by atoms with Gasteiger partial charge in [-0.15, -0.1) is 11.3 Å². The number of aryl methyl sites for hydroxylation is 1. The number of amides is 2. The fourth-order valence-electron chi connectivity index (χ4n) is 8.72. The molecule has 5 aromatic rings. The van der Waals surface area contributed by atoms with E-state index in [0.717, 1.165) is 61.9 Å². The van der Waals surface area contributed by atoms with Crippen LogP contribution in [0.1, 0.15) is 81.4 Å². The Morgan fingerprint density at radius 3 is 2.74 bits per heavy atom. The van der Waals surface area contributed by atoms with Crippen molar-refractivity contribution in [2.45, 2.75) is 91.0 Å². The summed E-state index contributed by atoms with van der Waals surface area (Å²) in [7, 11) is 1.70. The molecule has 6 bridgehead atoms. The van der Waals surface area contributed by atoms with Gasteiger partial charge in [0.15, 0.2) is 0 Å². The lowest BCUT2D eigenvalue weighted by Gasteiger charge is -2.35. The molecule has 1 saturated carbocycles. The van der Waals surface area contributed by atoms with Crippen LogP contribution in [-0.2, 0) is 43.2 Å². The second-order valence-electron chi connectivity index (χ2n) is 16.4. The van der Waals surface area contributed by atoms with Crippen LogP contribution in [0.15, 0.2) is 66.3 Å². The maximum atomic E-state index is 14.3. The average Bonchev–Trinajstić information content (AvgIpc) is 3.52. The summed E-state index contributed by atoms with van der Waals surface area (Å²) in [6.07, 6.45) is 5.28. The zero-order chi connectivity index (χ0) is 40.0. The number of rotatable bonds is 7. The van der Waals surface area contributed by atoms with Crippen molar-refractivity contribution < 1.29 is 23.9 Å². The van der Waals surface area contributed by atoms with E-state index >= 15 is 0 Å². The molecule has 298 valence electrons. The minimum atomic E-state index is -0.896. The molecular formula is C44H51N7O5S. The number of methoxy groups -OCH3 is 1. The van der Waals surface area contributed by atoms with Crippen LogP contribution >= 0.6 is 11.3 Å². The van der Waals surface area contributed by atoms with Gasteiger partial charge in [-0.1, -0.05) is 32.9 Å². The molecule has 0 radical (unpaired) electrons. The number of nitrogens with zero attached hydrogens (tertiary/aromatic N) is 5. The molecule has 8 rings (SSSR count). The first-order valence-electron chi connectivity index (χ1n) is 20.0. The van der Waals surface area contributed by atoms with Crippen molar-refractivity contribution in [3.05, 3.63) is 88.3 Å². The molecule has 6 atom stereocenters. The van der Waals surface area contributed by atoms with Gasteiger partial charge in [0, 0.05) is 89.4 Å². The van der Waals surface area contributed by atoms with Crippen molar-refractivity contribution in [1.29, 1.82) is 0 Å². The van der Waals surface area contributed by atoms with Crippen LogP contribution < -0.4 is 10.7 Å². The van der Waals surface area contributed by atoms with Crippen molar-refractivity contribution in [3.63, 3.8) is 0 Å². The lowest BCUT2D eigenvalue weighted by Crippen LogP contribution is -2.60. The second kappa shape index (κ2) is 15.8. The Kier molecular flexibility index (Phi) is 10.7. The number of cyclic esters (lactones) is 1. The van der Waals surface area contributed by atoms with Crippen molar-refractivity contribution in [1.82, 2.24) is 35.3 Å². The van der Waals surface area contributed by atoms with Gasteiger partial charge in [-0.2, -0.15) is 0 Å². The van der Waals surface area contributed by atoms with E-state index in [1.165, 1.54) is 16.3 Å². The lowest BCUT2D eigenvalue weighted by atomic mass is 9.84. The number of benzene rings is 1. The Morgan fingerprint density at radius 1 is 1.14 bits per heavy atom. The number of esters is 1. The lowest BCUT2D eigenvalue weighted by molar-refractivity contribution is -0.155. The van der Waals surface area contributed by atoms with Gasteiger partial charge in [0.2, 0.25) is 5.91 Å². The number of nitrogens with one attached hydrogen (secondary N) is 2. The molecule has 1 unspecified atom stereocenters. The minimum absolute atomic E-state index is 0.0143. The van der Waals surface area contributed by atoms with Gasteiger partial charge in [0.05, 0.1) is 34.8 Å². The molecular weight excluding hydrogens is 739 g/mol. The summed E-state index contributed by atoms with van der Waals surface area (Å²) in [5.41, 5.74) is 10.5. The highest BCUT2D eigenvalue weighted by Crippen LogP contribution is 2.53. The van der Waals surface area contributed by atoms with Crippen molar-refractivity contribution in [2.24, 2.45) is 17.3 Å². The zero-order valence-electron chi connectivity index (χ0n) is 33.5. The Hall–Kier alpha value is -4.98. The van der Waals surface area contributed by atoms with E-state index in [4.69, 9.17) is 19.4 Å². The third-order valence-corrected chi connectivity index (χ3v) is 12.7. The topological polar surface area (TPSA) is 141 Å². The summed E-state index contributed by atoms with van der Waals surface area (Å²) in [6.45, 7) is 11.7. The quantitative estimate of drug-likeness (QED) is 0.174. The summed E-state index contributed by atoms with van der Waals surface area (Å²) < 4.78 is 14.2. The van der Waals surface area contributed by atoms with Gasteiger partial charge in [-0.05, 0) is 81.0 Å². The molecule has 0 spiro atoms. The number of carbonyl (C=O) groups is 3. The summed E-state index contributed by atoms with van der Waals surface area (Å²) in [6, 6.07) is 14.7. The maximum Gasteiger partial charge on any atom is 0.324 e. The summed E-state index contributed by atoms with van der Waals surface area (Å²) >= 11 is 1.47. The molecule has 2 N–H and O–H groups in total. The first-order chi connectivity index (χ1) is 27.5.